The van der Waals surface area contributed by atoms with E-state index in [1.807, 2.05) is 0 Å². The molecule has 0 aliphatic carbocycles. The number of rotatable bonds is 18. The van der Waals surface area contributed by atoms with Crippen LogP contribution >= 0.6 is 0 Å². The molecule has 0 saturated carbocycles. The van der Waals surface area contributed by atoms with Crippen molar-refractivity contribution in [3.05, 3.63) is 114 Å². The third-order valence-corrected chi connectivity index (χ3v) is 16.1. The van der Waals surface area contributed by atoms with Crippen molar-refractivity contribution in [1.29, 1.82) is 0 Å². The Kier molecular flexibility index (Phi) is 31.3. The van der Waals surface area contributed by atoms with Crippen molar-refractivity contribution in [2.24, 2.45) is 23.5 Å². The number of carbonyl (C=O) groups excluding carboxylic acids is 13. The number of amides is 13. The highest BCUT2D eigenvalue weighted by Gasteiger charge is 2.39. The molecule has 0 spiro atoms. The summed E-state index contributed by atoms with van der Waals surface area (Å²) in [6.07, 6.45) is -2.45. The van der Waals surface area contributed by atoms with Gasteiger partial charge in [-0.3, -0.25) is 71.9 Å². The van der Waals surface area contributed by atoms with Crippen LogP contribution in [0.4, 0.5) is 0 Å². The minimum Gasteiger partial charge on any atom is -0.508 e. The van der Waals surface area contributed by atoms with Gasteiger partial charge in [-0.25, -0.2) is 4.98 Å². The van der Waals surface area contributed by atoms with Crippen molar-refractivity contribution in [1.82, 2.24) is 73.8 Å². The minimum atomic E-state index is -2.09. The number of imidazole rings is 1. The number of hydrogen-bond donors (Lipinski definition) is 18. The fourth-order valence-corrected chi connectivity index (χ4v) is 10.6. The Bertz CT molecular complexity index is 3610. The first-order valence-corrected chi connectivity index (χ1v) is 33.1. The predicted octanol–water partition coefficient (Wildman–Crippen LogP) is -2.46. The van der Waals surface area contributed by atoms with E-state index in [9.17, 15) is 92.3 Å². The lowest BCUT2D eigenvalue weighted by Gasteiger charge is -2.29. The average Bonchev–Trinajstić information content (AvgIpc) is 1.45. The summed E-state index contributed by atoms with van der Waals surface area (Å²) in [7, 11) is 0. The Labute approximate surface area is 587 Å². The molecule has 2 heterocycles. The maximum absolute atomic E-state index is 14.7. The molecule has 1 fully saturated rings. The molecular formula is C68H91N15O19. The molecule has 1 aliphatic rings. The van der Waals surface area contributed by atoms with Crippen LogP contribution in [-0.4, -0.2) is 192 Å². The van der Waals surface area contributed by atoms with Crippen LogP contribution in [0.1, 0.15) is 109 Å². The van der Waals surface area contributed by atoms with Crippen molar-refractivity contribution in [3.63, 3.8) is 0 Å². The smallest absolute Gasteiger partial charge is 0.305 e. The number of nitrogens with two attached hydrogens (primary N) is 1. The molecule has 102 heavy (non-hydrogen) atoms. The molecule has 34 heteroatoms. The van der Waals surface area contributed by atoms with Crippen LogP contribution < -0.4 is 69.5 Å². The van der Waals surface area contributed by atoms with E-state index in [1.54, 1.807) is 58.0 Å². The number of nitrogens with one attached hydrogen (secondary N) is 13. The van der Waals surface area contributed by atoms with Crippen molar-refractivity contribution in [2.45, 2.75) is 179 Å². The molecule has 0 bridgehead atoms. The standard InChI is InChI=1S/C68H91N15O19/c1-34(2)24-44-66(100)83-57(36(5)6)68(102)81-50(30-54(88)89)59(93)71-23-11-14-53(87)82-56(35(3)4)67(101)80-45(25-38-12-9-8-10-13-38)60(94)73-37(7)58(92)74-48(28-41-32-70-33-72-41)63(97)78-49(29-52(69)86)64(98)76-47(27-40-17-21-43(85)22-18-40)62(96)79-51(31-55(90)91)65(99)77-46(61(95)75-44)26-39-15-19-42(84)20-16-39/h8-10,12-13,15-22,32-37,44-51,56-57,84-85H,11,14,23-31H2,1-7H3,(H2,69,86)(H,70,72)(H,71,93)(H,73,94)(H,74,92)(H,75,95)(H,76,98)(H,77,99)(H,78,97)(H,79,96)(H,80,101)(H,81,102)(H,82,87)(H,83,100)(H,88,89)(H,90,91)/t37-,44-,45-,46-,47-,48-,49-,50-,51-,56-,57-/m0/s1. The summed E-state index contributed by atoms with van der Waals surface area (Å²) in [6.45, 7) is 10.7. The molecule has 1 aliphatic heterocycles. The zero-order valence-electron chi connectivity index (χ0n) is 57.5. The van der Waals surface area contributed by atoms with Gasteiger partial charge in [0, 0.05) is 50.5 Å². The Morgan fingerprint density at radius 1 is 0.451 bits per heavy atom. The number of carboxylic acids is 2. The maximum atomic E-state index is 14.7. The highest BCUT2D eigenvalue weighted by atomic mass is 16.4. The van der Waals surface area contributed by atoms with Crippen LogP contribution in [0, 0.1) is 17.8 Å². The number of primary amides is 1. The summed E-state index contributed by atoms with van der Waals surface area (Å²) in [4.78, 5) is 216. The second-order valence-corrected chi connectivity index (χ2v) is 25.8. The van der Waals surface area contributed by atoms with Gasteiger partial charge >= 0.3 is 11.9 Å². The van der Waals surface area contributed by atoms with Gasteiger partial charge in [0.2, 0.25) is 76.8 Å². The SMILES string of the molecule is CC(C)C[C@@H]1NC(=O)[C@H](Cc2ccc(O)cc2)NC(=O)[C@H](CC(=O)O)NC(=O)[C@H](Cc2ccc(O)cc2)NC(=O)[C@H](CC(N)=O)NC(=O)[C@H](Cc2cnc[nH]2)NC(=O)[C@H](C)NC(=O)[C@H](Cc2ccccc2)NC(=O)[C@H](C(C)C)NC(=O)CCCNC(=O)[C@H](CC(=O)O)NC(=O)[C@H](C(C)C)NC1=O. The van der Waals surface area contributed by atoms with Crippen molar-refractivity contribution >= 4 is 88.7 Å². The number of carbonyl (C=O) groups is 15. The number of aromatic hydroxyl groups is 2. The molecule has 34 nitrogen and oxygen atoms in total. The van der Waals surface area contributed by atoms with Crippen LogP contribution in [0.25, 0.3) is 0 Å². The van der Waals surface area contributed by atoms with Crippen molar-refractivity contribution in [3.8, 4) is 11.5 Å². The molecule has 19 N–H and O–H groups in total. The zero-order valence-corrected chi connectivity index (χ0v) is 57.5. The third-order valence-electron chi connectivity index (χ3n) is 16.1. The van der Waals surface area contributed by atoms with E-state index in [-0.39, 0.29) is 67.3 Å². The molecule has 11 atom stereocenters. The van der Waals surface area contributed by atoms with Gasteiger partial charge in [-0.15, -0.1) is 0 Å². The number of phenolic OH excluding ortho intramolecular Hbond substituents is 2. The zero-order chi connectivity index (χ0) is 75.5. The topological polar surface area (TPSA) is 536 Å². The lowest BCUT2D eigenvalue weighted by Crippen LogP contribution is -2.62. The molecule has 4 aromatic rings. The van der Waals surface area contributed by atoms with Crippen LogP contribution in [0.5, 0.6) is 11.5 Å². The molecule has 5 rings (SSSR count). The van der Waals surface area contributed by atoms with Gasteiger partial charge < -0.3 is 94.9 Å². The summed E-state index contributed by atoms with van der Waals surface area (Å²) in [5.74, 6) is -18.9. The van der Waals surface area contributed by atoms with Crippen LogP contribution in [-0.2, 0) is 97.6 Å². The molecule has 0 radical (unpaired) electrons. The van der Waals surface area contributed by atoms with E-state index >= 15 is 0 Å². The number of aromatic nitrogens is 2. The van der Waals surface area contributed by atoms with E-state index in [4.69, 9.17) is 5.73 Å². The predicted molar refractivity (Wildman–Crippen MR) is 363 cm³/mol. The number of hydrogen-bond acceptors (Lipinski definition) is 18. The lowest BCUT2D eigenvalue weighted by atomic mass is 9.98. The molecule has 3 aromatic carbocycles. The van der Waals surface area contributed by atoms with Gasteiger partial charge in [-0.2, -0.15) is 0 Å². The minimum absolute atomic E-state index is 0.0829. The van der Waals surface area contributed by atoms with E-state index in [0.717, 1.165) is 0 Å². The third kappa shape index (κ3) is 27.0. The van der Waals surface area contributed by atoms with Gasteiger partial charge in [0.05, 0.1) is 25.6 Å². The summed E-state index contributed by atoms with van der Waals surface area (Å²) >= 11 is 0. The number of carboxylic acid groups (broad SMARTS) is 2. The first-order valence-electron chi connectivity index (χ1n) is 33.1. The molecule has 552 valence electrons. The summed E-state index contributed by atoms with van der Waals surface area (Å²) in [6, 6.07) is 0.619. The second kappa shape index (κ2) is 39.3. The van der Waals surface area contributed by atoms with Crippen LogP contribution in [0.3, 0.4) is 0 Å². The largest absolute Gasteiger partial charge is 0.508 e. The highest BCUT2D eigenvalue weighted by molar-refractivity contribution is 6.01. The number of benzene rings is 3. The monoisotopic (exact) mass is 1420 g/mol. The number of aromatic amines is 1. The molecule has 0 unspecified atom stereocenters. The summed E-state index contributed by atoms with van der Waals surface area (Å²) < 4.78 is 0. The number of phenols is 2. The molecule has 1 aromatic heterocycles. The Balaban J connectivity index is 1.59. The van der Waals surface area contributed by atoms with Crippen LogP contribution in [0.2, 0.25) is 0 Å². The Morgan fingerprint density at radius 3 is 1.28 bits per heavy atom. The van der Waals surface area contributed by atoms with E-state index in [0.29, 0.717) is 11.1 Å². The maximum Gasteiger partial charge on any atom is 0.305 e. The normalized spacial score (nSPS) is 23.7. The van der Waals surface area contributed by atoms with Gasteiger partial charge in [0.25, 0.3) is 0 Å². The van der Waals surface area contributed by atoms with E-state index in [2.05, 4.69) is 73.8 Å². The van der Waals surface area contributed by atoms with E-state index < -0.39 is 199 Å². The fraction of sp³-hybridized carbons (Fsp3) is 0.471. The number of nitrogens with zero attached hydrogens (tertiary/aromatic N) is 1. The Morgan fingerprint density at radius 2 is 0.833 bits per heavy atom. The first-order chi connectivity index (χ1) is 48.2. The van der Waals surface area contributed by atoms with Crippen molar-refractivity contribution in [2.75, 3.05) is 6.54 Å². The summed E-state index contributed by atoms with van der Waals surface area (Å²) in [5, 5.41) is 70.2. The fourth-order valence-electron chi connectivity index (χ4n) is 10.6. The van der Waals surface area contributed by atoms with Crippen LogP contribution in [0.15, 0.2) is 91.4 Å². The van der Waals surface area contributed by atoms with Gasteiger partial charge in [-0.1, -0.05) is 96.1 Å². The number of aliphatic carboxylic acids is 2. The molecular weight excluding hydrogens is 1330 g/mol. The lowest BCUT2D eigenvalue weighted by molar-refractivity contribution is -0.141. The molecule has 1 saturated heterocycles. The average molecular weight is 1420 g/mol. The van der Waals surface area contributed by atoms with Gasteiger partial charge in [0.1, 0.15) is 78.0 Å². The second-order valence-electron chi connectivity index (χ2n) is 25.8. The van der Waals surface area contributed by atoms with Gasteiger partial charge in [0.15, 0.2) is 0 Å². The quantitative estimate of drug-likeness (QED) is 0.0491. The van der Waals surface area contributed by atoms with E-state index in [1.165, 1.54) is 81.8 Å². The van der Waals surface area contributed by atoms with Gasteiger partial charge in [-0.05, 0) is 78.5 Å². The summed E-state index contributed by atoms with van der Waals surface area (Å²) in [5.41, 5.74) is 6.95. The first kappa shape index (κ1) is 81.2. The number of H-pyrrole nitrogens is 1. The molecule has 13 amide bonds. The Hall–Kier alpha value is -11.5. The van der Waals surface area contributed by atoms with Crippen molar-refractivity contribution < 1.29 is 92.3 Å². The highest BCUT2D eigenvalue weighted by Crippen LogP contribution is 2.17.